The van der Waals surface area contributed by atoms with E-state index in [1.165, 1.54) is 96.3 Å². The third-order valence-corrected chi connectivity index (χ3v) is 8.77. The predicted octanol–water partition coefficient (Wildman–Crippen LogP) is 4.07. The van der Waals surface area contributed by atoms with Crippen molar-refractivity contribution in [2.45, 2.75) is 63.5 Å². The zero-order valence-corrected chi connectivity index (χ0v) is 24.1. The Labute approximate surface area is 243 Å². The minimum Gasteiger partial charge on any atom is -0.397 e. The quantitative estimate of drug-likeness (QED) is 0.243. The Balaban J connectivity index is 0.000000151. The van der Waals surface area contributed by atoms with Gasteiger partial charge >= 0.3 is 0 Å². The molecule has 226 valence electrons. The lowest BCUT2D eigenvalue weighted by Gasteiger charge is -2.39. The summed E-state index contributed by atoms with van der Waals surface area (Å²) in [5, 5.41) is 13.5. The van der Waals surface area contributed by atoms with Crippen LogP contribution in [0.15, 0.2) is 36.4 Å². The van der Waals surface area contributed by atoms with Gasteiger partial charge in [-0.1, -0.05) is 25.7 Å². The molecule has 0 aromatic heterocycles. The van der Waals surface area contributed by atoms with E-state index in [-0.39, 0.29) is 11.4 Å². The summed E-state index contributed by atoms with van der Waals surface area (Å²) < 4.78 is 12.3. The van der Waals surface area contributed by atoms with Gasteiger partial charge in [-0.15, -0.1) is 0 Å². The van der Waals surface area contributed by atoms with Crippen LogP contribution in [0.2, 0.25) is 0 Å². The topological polar surface area (TPSA) is 143 Å². The fourth-order valence-electron chi connectivity index (χ4n) is 6.38. The summed E-state index contributed by atoms with van der Waals surface area (Å²) in [5.41, 5.74) is 18.9. The van der Waals surface area contributed by atoms with Gasteiger partial charge in [0.25, 0.3) is 5.69 Å². The molecular weight excluding hydrogens is 523 g/mol. The van der Waals surface area contributed by atoms with E-state index < -0.39 is 10.7 Å². The summed E-state index contributed by atoms with van der Waals surface area (Å²) >= 11 is 0. The fourth-order valence-corrected chi connectivity index (χ4v) is 6.38. The van der Waals surface area contributed by atoms with Gasteiger partial charge in [-0.3, -0.25) is 19.9 Å². The molecule has 4 aliphatic rings. The Morgan fingerprint density at radius 1 is 0.732 bits per heavy atom. The van der Waals surface area contributed by atoms with Crippen molar-refractivity contribution in [3.63, 3.8) is 0 Å². The van der Waals surface area contributed by atoms with Crippen LogP contribution in [-0.4, -0.2) is 79.2 Å². The first-order chi connectivity index (χ1) is 19.8. The standard InChI is InChI=1S/C15H24N4.C9H18N2.C6H5FN2O2/c16-14-6-5-13(11-15(14)17)19-9-7-18(8-10-19)12-3-1-2-4-12;1-2-4-9(3-1)11-7-5-10-6-8-11;7-4-1-2-6(9(10)11)5(8)3-4/h5-6,11-12H,1-4,7-10,16-17H2;9-10H,1-8H2;1-3H,8H2. The number of nitrogen functional groups attached to an aromatic ring is 3. The van der Waals surface area contributed by atoms with Crippen molar-refractivity contribution in [2.24, 2.45) is 0 Å². The fraction of sp³-hybridized carbons (Fsp3) is 0.600. The number of nitrogens with two attached hydrogens (primary N) is 3. The van der Waals surface area contributed by atoms with E-state index in [0.717, 1.165) is 43.4 Å². The summed E-state index contributed by atoms with van der Waals surface area (Å²) in [7, 11) is 0. The van der Waals surface area contributed by atoms with Crippen molar-refractivity contribution in [1.29, 1.82) is 0 Å². The van der Waals surface area contributed by atoms with Crippen molar-refractivity contribution < 1.29 is 9.31 Å². The highest BCUT2D eigenvalue weighted by Crippen LogP contribution is 2.28. The van der Waals surface area contributed by atoms with Crippen molar-refractivity contribution in [3.8, 4) is 0 Å². The average molecular weight is 571 g/mol. The molecule has 0 spiro atoms. The third-order valence-electron chi connectivity index (χ3n) is 8.77. The number of hydrogen-bond acceptors (Lipinski definition) is 9. The zero-order chi connectivity index (χ0) is 29.2. The molecule has 2 aliphatic carbocycles. The van der Waals surface area contributed by atoms with Crippen LogP contribution < -0.4 is 27.4 Å². The SMILES string of the molecule is C1CCC(N2CCNCC2)C1.Nc1cc(F)ccc1[N+](=O)[O-].Nc1ccc(N2CCN(C3CCCC3)CC2)cc1N. The van der Waals surface area contributed by atoms with Crippen molar-refractivity contribution in [2.75, 3.05) is 74.5 Å². The number of nitrogens with one attached hydrogen (secondary N) is 1. The smallest absolute Gasteiger partial charge is 0.292 e. The van der Waals surface area contributed by atoms with Crippen LogP contribution >= 0.6 is 0 Å². The van der Waals surface area contributed by atoms with E-state index in [9.17, 15) is 14.5 Å². The largest absolute Gasteiger partial charge is 0.397 e. The monoisotopic (exact) mass is 570 g/mol. The molecule has 7 N–H and O–H groups in total. The first-order valence-corrected chi connectivity index (χ1v) is 15.1. The summed E-state index contributed by atoms with van der Waals surface area (Å²) in [6.07, 6.45) is 11.5. The molecule has 0 radical (unpaired) electrons. The number of nitro benzene ring substituents is 1. The molecular formula is C30H47FN8O2. The molecule has 2 heterocycles. The summed E-state index contributed by atoms with van der Waals surface area (Å²) in [5.74, 6) is -0.576. The van der Waals surface area contributed by atoms with Gasteiger partial charge in [0.15, 0.2) is 0 Å². The minimum absolute atomic E-state index is 0.157. The maximum Gasteiger partial charge on any atom is 0.292 e. The second kappa shape index (κ2) is 15.2. The van der Waals surface area contributed by atoms with Crippen LogP contribution in [0.25, 0.3) is 0 Å². The lowest BCUT2D eigenvalue weighted by Crippen LogP contribution is -2.49. The van der Waals surface area contributed by atoms with Crippen molar-refractivity contribution >= 4 is 28.4 Å². The number of halogens is 1. The van der Waals surface area contributed by atoms with Gasteiger partial charge < -0.3 is 27.4 Å². The predicted molar refractivity (Wildman–Crippen MR) is 165 cm³/mol. The molecule has 41 heavy (non-hydrogen) atoms. The number of benzene rings is 2. The Bertz CT molecular complexity index is 1110. The normalized spacial score (nSPS) is 20.7. The van der Waals surface area contributed by atoms with E-state index in [4.69, 9.17) is 17.2 Å². The second-order valence-electron chi connectivity index (χ2n) is 11.5. The zero-order valence-electron chi connectivity index (χ0n) is 24.1. The highest BCUT2D eigenvalue weighted by atomic mass is 19.1. The van der Waals surface area contributed by atoms with Crippen LogP contribution in [0.4, 0.5) is 32.8 Å². The van der Waals surface area contributed by atoms with E-state index in [2.05, 4.69) is 26.1 Å². The van der Waals surface area contributed by atoms with Crippen LogP contribution in [0, 0.1) is 15.9 Å². The molecule has 2 aromatic rings. The lowest BCUT2D eigenvalue weighted by atomic mass is 10.1. The molecule has 11 heteroatoms. The van der Waals surface area contributed by atoms with Crippen molar-refractivity contribution in [3.05, 3.63) is 52.3 Å². The van der Waals surface area contributed by atoms with Crippen LogP contribution in [0.5, 0.6) is 0 Å². The Hall–Kier alpha value is -3.15. The number of nitrogens with zero attached hydrogens (tertiary/aromatic N) is 4. The lowest BCUT2D eigenvalue weighted by molar-refractivity contribution is -0.383. The Kier molecular flexibility index (Phi) is 11.4. The van der Waals surface area contributed by atoms with Gasteiger partial charge in [0, 0.05) is 82.3 Å². The van der Waals surface area contributed by atoms with Gasteiger partial charge in [-0.05, 0) is 49.9 Å². The Morgan fingerprint density at radius 2 is 1.29 bits per heavy atom. The molecule has 2 aliphatic heterocycles. The first-order valence-electron chi connectivity index (χ1n) is 15.1. The molecule has 2 saturated heterocycles. The van der Waals surface area contributed by atoms with Gasteiger partial charge in [0.1, 0.15) is 11.5 Å². The minimum atomic E-state index is -0.658. The number of piperazine rings is 2. The van der Waals surface area contributed by atoms with E-state index in [0.29, 0.717) is 11.4 Å². The number of anilines is 4. The highest BCUT2D eigenvalue weighted by molar-refractivity contribution is 5.70. The molecule has 0 amide bonds. The van der Waals surface area contributed by atoms with Crippen LogP contribution in [0.1, 0.15) is 51.4 Å². The molecule has 10 nitrogen and oxygen atoms in total. The summed E-state index contributed by atoms with van der Waals surface area (Å²) in [6.45, 7) is 9.52. The summed E-state index contributed by atoms with van der Waals surface area (Å²) in [6, 6.07) is 10.7. The van der Waals surface area contributed by atoms with Crippen molar-refractivity contribution in [1.82, 2.24) is 15.1 Å². The van der Waals surface area contributed by atoms with E-state index >= 15 is 0 Å². The average Bonchev–Trinajstić information content (AvgIpc) is 3.71. The molecule has 2 saturated carbocycles. The van der Waals surface area contributed by atoms with Gasteiger partial charge in [-0.25, -0.2) is 4.39 Å². The third kappa shape index (κ3) is 8.92. The van der Waals surface area contributed by atoms with E-state index in [1.807, 2.05) is 12.1 Å². The van der Waals surface area contributed by atoms with E-state index in [1.54, 1.807) is 0 Å². The highest BCUT2D eigenvalue weighted by Gasteiger charge is 2.26. The Morgan fingerprint density at radius 3 is 1.80 bits per heavy atom. The molecule has 6 rings (SSSR count). The van der Waals surface area contributed by atoms with Gasteiger partial charge in [0.2, 0.25) is 0 Å². The molecule has 0 atom stereocenters. The van der Waals surface area contributed by atoms with Gasteiger partial charge in [0.05, 0.1) is 16.3 Å². The maximum atomic E-state index is 12.3. The summed E-state index contributed by atoms with van der Waals surface area (Å²) in [4.78, 5) is 17.2. The number of nitro groups is 1. The van der Waals surface area contributed by atoms with Crippen LogP contribution in [-0.2, 0) is 0 Å². The molecule has 0 bridgehead atoms. The molecule has 2 aromatic carbocycles. The van der Waals surface area contributed by atoms with Gasteiger partial charge in [-0.2, -0.15) is 0 Å². The van der Waals surface area contributed by atoms with Crippen LogP contribution in [0.3, 0.4) is 0 Å². The molecule has 4 fully saturated rings. The number of rotatable bonds is 4. The first kappa shape index (κ1) is 30.8. The molecule has 0 unspecified atom stereocenters. The maximum absolute atomic E-state index is 12.3. The second-order valence-corrected chi connectivity index (χ2v) is 11.5. The number of hydrogen-bond donors (Lipinski definition) is 4.